The summed E-state index contributed by atoms with van der Waals surface area (Å²) in [6, 6.07) is 7.45. The number of hydrogen-bond acceptors (Lipinski definition) is 8. The zero-order chi connectivity index (χ0) is 22.2. The van der Waals surface area contributed by atoms with Crippen molar-refractivity contribution in [2.45, 2.75) is 23.2 Å². The van der Waals surface area contributed by atoms with Crippen molar-refractivity contribution in [1.29, 1.82) is 0 Å². The van der Waals surface area contributed by atoms with Gasteiger partial charge in [0.15, 0.2) is 9.99 Å². The molecule has 31 heavy (non-hydrogen) atoms. The largest absolute Gasteiger partial charge is 0.417 e. The molecule has 0 aliphatic rings. The average Bonchev–Trinajstić information content (AvgIpc) is 3.31. The fourth-order valence-electron chi connectivity index (χ4n) is 2.69. The minimum Gasteiger partial charge on any atom is -0.375 e. The van der Waals surface area contributed by atoms with Gasteiger partial charge in [0.2, 0.25) is 5.13 Å². The van der Waals surface area contributed by atoms with E-state index in [-0.39, 0.29) is 10.7 Å². The number of halogens is 3. The smallest absolute Gasteiger partial charge is 0.375 e. The zero-order valence-corrected chi connectivity index (χ0v) is 17.3. The second-order valence-electron chi connectivity index (χ2n) is 6.24. The Labute approximate surface area is 180 Å². The second kappa shape index (κ2) is 8.15. The summed E-state index contributed by atoms with van der Waals surface area (Å²) in [5.41, 5.74) is -1.02. The summed E-state index contributed by atoms with van der Waals surface area (Å²) in [7, 11) is 0. The van der Waals surface area contributed by atoms with E-state index in [1.165, 1.54) is 30.0 Å². The second-order valence-corrected chi connectivity index (χ2v) is 8.44. The van der Waals surface area contributed by atoms with E-state index in [1.807, 2.05) is 0 Å². The molecule has 0 aliphatic heterocycles. The number of amides is 1. The monoisotopic (exact) mass is 467 g/mol. The third kappa shape index (κ3) is 4.61. The molecule has 0 bridgehead atoms. The molecule has 0 fully saturated rings. The molecule has 3 aromatic heterocycles. The molecular formula is C18H12F3N5O3S2. The first kappa shape index (κ1) is 21.1. The zero-order valence-electron chi connectivity index (χ0n) is 15.6. The number of nitrogens with zero attached hydrogens (tertiary/aromatic N) is 4. The van der Waals surface area contributed by atoms with Crippen molar-refractivity contribution in [2.75, 3.05) is 5.32 Å². The van der Waals surface area contributed by atoms with Crippen molar-refractivity contribution < 1.29 is 22.5 Å². The first-order valence-corrected chi connectivity index (χ1v) is 10.4. The van der Waals surface area contributed by atoms with Gasteiger partial charge in [0.25, 0.3) is 11.5 Å². The third-order valence-electron chi connectivity index (χ3n) is 3.97. The molecule has 0 aliphatic carbocycles. The van der Waals surface area contributed by atoms with E-state index in [1.54, 1.807) is 13.0 Å². The van der Waals surface area contributed by atoms with Crippen molar-refractivity contribution in [1.82, 2.24) is 19.8 Å². The molecule has 4 aromatic rings. The minimum absolute atomic E-state index is 0.0541. The highest BCUT2D eigenvalue weighted by Gasteiger charge is 2.35. The number of rotatable bonds is 5. The minimum atomic E-state index is -4.66. The Morgan fingerprint density at radius 3 is 2.81 bits per heavy atom. The fourth-order valence-corrected chi connectivity index (χ4v) is 4.33. The van der Waals surface area contributed by atoms with Gasteiger partial charge >= 0.3 is 6.18 Å². The normalized spacial score (nSPS) is 11.7. The van der Waals surface area contributed by atoms with Crippen molar-refractivity contribution in [3.8, 4) is 0 Å². The maximum atomic E-state index is 13.1. The van der Waals surface area contributed by atoms with Gasteiger partial charge in [0, 0.05) is 17.9 Å². The van der Waals surface area contributed by atoms with Crippen molar-refractivity contribution in [2.24, 2.45) is 0 Å². The topological polar surface area (TPSA) is 102 Å². The first-order valence-electron chi connectivity index (χ1n) is 8.64. The summed E-state index contributed by atoms with van der Waals surface area (Å²) >= 11 is 2.22. The van der Waals surface area contributed by atoms with Crippen LogP contribution in [0.3, 0.4) is 0 Å². The first-order chi connectivity index (χ1) is 14.7. The Kier molecular flexibility index (Phi) is 5.54. The number of thioether (sulfide) groups is 1. The molecule has 13 heteroatoms. The highest BCUT2D eigenvalue weighted by atomic mass is 32.2. The van der Waals surface area contributed by atoms with E-state index in [0.717, 1.165) is 28.0 Å². The van der Waals surface area contributed by atoms with Gasteiger partial charge in [0.05, 0.1) is 16.8 Å². The Bertz CT molecular complexity index is 1330. The van der Waals surface area contributed by atoms with E-state index in [2.05, 4.69) is 20.5 Å². The van der Waals surface area contributed by atoms with Crippen LogP contribution in [0.15, 0.2) is 50.1 Å². The molecule has 160 valence electrons. The molecule has 8 nitrogen and oxygen atoms in total. The van der Waals surface area contributed by atoms with Crippen molar-refractivity contribution in [3.05, 3.63) is 69.3 Å². The Hall–Kier alpha value is -3.19. The summed E-state index contributed by atoms with van der Waals surface area (Å²) < 4.78 is 46.0. The van der Waals surface area contributed by atoms with E-state index < -0.39 is 23.2 Å². The number of carbonyl (C=O) groups is 1. The van der Waals surface area contributed by atoms with Crippen LogP contribution in [0.2, 0.25) is 0 Å². The lowest BCUT2D eigenvalue weighted by Gasteiger charge is -2.11. The lowest BCUT2D eigenvalue weighted by molar-refractivity contribution is -0.137. The van der Waals surface area contributed by atoms with Crippen LogP contribution in [0.4, 0.5) is 18.3 Å². The number of fused-ring (bicyclic) bond motifs is 1. The average molecular weight is 467 g/mol. The molecular weight excluding hydrogens is 455 g/mol. The molecule has 3 heterocycles. The van der Waals surface area contributed by atoms with E-state index in [9.17, 15) is 22.8 Å². The van der Waals surface area contributed by atoms with Crippen LogP contribution >= 0.6 is 23.1 Å². The quantitative estimate of drug-likeness (QED) is 0.349. The summed E-state index contributed by atoms with van der Waals surface area (Å²) in [5.74, 6) is -0.0859. The number of benzene rings is 1. The van der Waals surface area contributed by atoms with Gasteiger partial charge in [0.1, 0.15) is 5.76 Å². The third-order valence-corrected chi connectivity index (χ3v) is 5.98. The number of carbonyl (C=O) groups excluding carboxylic acids is 1. The molecule has 0 spiro atoms. The number of aryl methyl sites for hydroxylation is 1. The fraction of sp³-hybridized carbons (Fsp3) is 0.167. The molecule has 1 amide bonds. The molecule has 0 radical (unpaired) electrons. The van der Waals surface area contributed by atoms with Crippen LogP contribution in [0, 0.1) is 6.92 Å². The van der Waals surface area contributed by atoms with Crippen LogP contribution < -0.4 is 10.9 Å². The van der Waals surface area contributed by atoms with Gasteiger partial charge in [-0.25, -0.2) is 4.98 Å². The van der Waals surface area contributed by atoms with Crippen LogP contribution in [0.1, 0.15) is 27.4 Å². The van der Waals surface area contributed by atoms with Gasteiger partial charge in [-0.05, 0) is 19.1 Å². The molecule has 4 rings (SSSR count). The molecule has 0 unspecified atom stereocenters. The number of alkyl halides is 3. The van der Waals surface area contributed by atoms with Crippen molar-refractivity contribution >= 4 is 39.8 Å². The Morgan fingerprint density at radius 2 is 2.03 bits per heavy atom. The molecule has 1 aromatic carbocycles. The van der Waals surface area contributed by atoms with E-state index >= 15 is 0 Å². The van der Waals surface area contributed by atoms with Crippen LogP contribution in [0.25, 0.3) is 5.65 Å². The number of aromatic nitrogens is 4. The number of nitrogens with one attached hydrogen (secondary N) is 1. The van der Waals surface area contributed by atoms with Crippen molar-refractivity contribution in [3.63, 3.8) is 0 Å². The lowest BCUT2D eigenvalue weighted by Crippen LogP contribution is -2.18. The SMILES string of the molecule is Cc1cc2nc(CSc3nnc(NC(=O)c4ccccc4C(F)(F)F)s3)cc(=O)n2o1. The van der Waals surface area contributed by atoms with E-state index in [4.69, 9.17) is 4.52 Å². The van der Waals surface area contributed by atoms with Gasteiger partial charge in [-0.2, -0.15) is 13.2 Å². The predicted octanol–water partition coefficient (Wildman–Crippen LogP) is 4.01. The maximum absolute atomic E-state index is 13.1. The predicted molar refractivity (Wildman–Crippen MR) is 107 cm³/mol. The van der Waals surface area contributed by atoms with Gasteiger partial charge in [-0.1, -0.05) is 35.2 Å². The maximum Gasteiger partial charge on any atom is 0.417 e. The number of hydrogen-bond donors (Lipinski definition) is 1. The molecule has 0 saturated heterocycles. The molecule has 0 saturated carbocycles. The van der Waals surface area contributed by atoms with Gasteiger partial charge < -0.3 is 4.52 Å². The van der Waals surface area contributed by atoms with Crippen LogP contribution in [-0.2, 0) is 11.9 Å². The van der Waals surface area contributed by atoms with E-state index in [0.29, 0.717) is 27.2 Å². The highest BCUT2D eigenvalue weighted by Crippen LogP contribution is 2.33. The summed E-state index contributed by atoms with van der Waals surface area (Å²) in [6.07, 6.45) is -4.66. The molecule has 1 N–H and O–H groups in total. The Morgan fingerprint density at radius 1 is 1.26 bits per heavy atom. The number of anilines is 1. The van der Waals surface area contributed by atoms with Crippen LogP contribution in [-0.4, -0.2) is 25.7 Å². The summed E-state index contributed by atoms with van der Waals surface area (Å²) in [6.45, 7) is 1.70. The summed E-state index contributed by atoms with van der Waals surface area (Å²) in [5, 5.41) is 10.1. The van der Waals surface area contributed by atoms with Gasteiger partial charge in [-0.3, -0.25) is 14.9 Å². The molecule has 0 atom stereocenters. The highest BCUT2D eigenvalue weighted by molar-refractivity contribution is 8.00. The van der Waals surface area contributed by atoms with Gasteiger partial charge in [-0.15, -0.1) is 14.8 Å². The van der Waals surface area contributed by atoms with Crippen LogP contribution in [0.5, 0.6) is 0 Å². The Balaban J connectivity index is 1.45. The summed E-state index contributed by atoms with van der Waals surface area (Å²) in [4.78, 5) is 28.7. The lowest BCUT2D eigenvalue weighted by atomic mass is 10.1. The standard InChI is InChI=1S/C18H12F3N5O3S2/c1-9-6-13-22-10(7-14(27)26(13)29-9)8-30-17-25-24-16(31-17)23-15(28)11-4-2-3-5-12(11)18(19,20)21/h2-7H,8H2,1H3,(H,23,24,28).